The average molecular weight is 363 g/mol. The molecule has 0 unspecified atom stereocenters. The number of thiophene rings is 1. The summed E-state index contributed by atoms with van der Waals surface area (Å²) in [6.45, 7) is 1.16. The Kier molecular flexibility index (Phi) is 5.45. The molecule has 132 valence electrons. The minimum Gasteiger partial charge on any atom is -0.465 e. The van der Waals surface area contributed by atoms with Crippen molar-refractivity contribution in [1.82, 2.24) is 0 Å². The van der Waals surface area contributed by atoms with Crippen LogP contribution in [0, 0.1) is 5.82 Å². The molecule has 0 bridgehead atoms. The van der Waals surface area contributed by atoms with Crippen LogP contribution in [0.3, 0.4) is 0 Å². The minimum atomic E-state index is -0.501. The van der Waals surface area contributed by atoms with Crippen LogP contribution in [0.5, 0.6) is 0 Å². The van der Waals surface area contributed by atoms with Crippen molar-refractivity contribution in [3.8, 4) is 10.4 Å². The van der Waals surface area contributed by atoms with E-state index in [1.54, 1.807) is 23.1 Å². The van der Waals surface area contributed by atoms with E-state index >= 15 is 0 Å². The molecule has 1 aromatic heterocycles. The summed E-state index contributed by atoms with van der Waals surface area (Å²) in [5, 5.41) is 0.549. The van der Waals surface area contributed by atoms with Gasteiger partial charge in [-0.2, -0.15) is 0 Å². The van der Waals surface area contributed by atoms with Crippen molar-refractivity contribution in [2.75, 3.05) is 25.2 Å². The van der Waals surface area contributed by atoms with E-state index in [9.17, 15) is 14.0 Å². The molecule has 25 heavy (non-hydrogen) atoms. The summed E-state index contributed by atoms with van der Waals surface area (Å²) < 4.78 is 23.4. The van der Waals surface area contributed by atoms with E-state index in [1.165, 1.54) is 30.6 Å². The lowest BCUT2D eigenvalue weighted by atomic mass is 10.1. The second-order valence-electron chi connectivity index (χ2n) is 5.68. The van der Waals surface area contributed by atoms with Crippen LogP contribution in [0.2, 0.25) is 0 Å². The molecule has 1 aliphatic rings. The van der Waals surface area contributed by atoms with Crippen molar-refractivity contribution in [3.63, 3.8) is 0 Å². The Hall–Kier alpha value is -2.25. The number of carbonyl (C=O) groups excluding carboxylic acids is 2. The molecule has 0 atom stereocenters. The minimum absolute atomic E-state index is 0.0191. The Bertz CT molecular complexity index is 753. The highest BCUT2D eigenvalue weighted by Crippen LogP contribution is 2.39. The number of esters is 1. The van der Waals surface area contributed by atoms with Crippen LogP contribution in [-0.4, -0.2) is 38.7 Å². The molecule has 2 heterocycles. The van der Waals surface area contributed by atoms with Crippen molar-refractivity contribution in [2.24, 2.45) is 0 Å². The van der Waals surface area contributed by atoms with E-state index in [-0.39, 0.29) is 11.9 Å². The van der Waals surface area contributed by atoms with Gasteiger partial charge in [0.15, 0.2) is 0 Å². The zero-order chi connectivity index (χ0) is 17.8. The maximum Gasteiger partial charge on any atom is 0.340 e. The highest BCUT2D eigenvalue weighted by atomic mass is 32.1. The molecule has 1 aromatic carbocycles. The average Bonchev–Trinajstić information content (AvgIpc) is 3.08. The third-order valence-corrected chi connectivity index (χ3v) is 5.38. The fraction of sp³-hybridized carbons (Fsp3) is 0.333. The molecule has 0 N–H and O–H groups in total. The van der Waals surface area contributed by atoms with Crippen molar-refractivity contribution >= 4 is 28.7 Å². The van der Waals surface area contributed by atoms with E-state index in [2.05, 4.69) is 0 Å². The molecule has 2 aromatic rings. The molecule has 5 nitrogen and oxygen atoms in total. The highest BCUT2D eigenvalue weighted by molar-refractivity contribution is 7.20. The molecular formula is C18H18FNO4S. The van der Waals surface area contributed by atoms with Crippen molar-refractivity contribution in [3.05, 3.63) is 41.7 Å². The number of methoxy groups -OCH3 is 1. The molecule has 3 rings (SSSR count). The number of hydrogen-bond acceptors (Lipinski definition) is 5. The molecule has 1 amide bonds. The predicted octanol–water partition coefficient (Wildman–Crippen LogP) is 3.48. The number of benzene rings is 1. The largest absolute Gasteiger partial charge is 0.465 e. The number of halogens is 1. The van der Waals surface area contributed by atoms with E-state index in [0.29, 0.717) is 36.6 Å². The van der Waals surface area contributed by atoms with Crippen molar-refractivity contribution in [2.45, 2.75) is 18.9 Å². The normalized spacial score (nSPS) is 15.0. The Balaban J connectivity index is 2.02. The summed E-state index contributed by atoms with van der Waals surface area (Å²) in [6.07, 6.45) is 2.18. The first kappa shape index (κ1) is 17.6. The molecular weight excluding hydrogens is 345 g/mol. The molecule has 0 saturated carbocycles. The van der Waals surface area contributed by atoms with Gasteiger partial charge in [0.25, 0.3) is 0 Å². The van der Waals surface area contributed by atoms with Gasteiger partial charge in [0.05, 0.1) is 12.7 Å². The monoisotopic (exact) mass is 363 g/mol. The Morgan fingerprint density at radius 2 is 2.00 bits per heavy atom. The molecule has 0 radical (unpaired) electrons. The Morgan fingerprint density at radius 1 is 1.32 bits per heavy atom. The van der Waals surface area contributed by atoms with Crippen LogP contribution in [0.1, 0.15) is 23.2 Å². The Morgan fingerprint density at radius 3 is 2.60 bits per heavy atom. The number of amides is 1. The summed E-state index contributed by atoms with van der Waals surface area (Å²) in [5.41, 5.74) is 1.12. The van der Waals surface area contributed by atoms with Gasteiger partial charge in [-0.25, -0.2) is 9.18 Å². The number of nitrogens with zero attached hydrogens (tertiary/aromatic N) is 1. The lowest BCUT2D eigenvalue weighted by molar-refractivity contribution is -0.108. The standard InChI is InChI=1S/C18H18FNO4S/c1-23-18(22)15-10-16(12-2-4-13(19)5-3-12)25-17(15)20(11-21)14-6-8-24-9-7-14/h2-5,10-11,14H,6-9H2,1H3. The lowest BCUT2D eigenvalue weighted by Gasteiger charge is -2.30. The van der Waals surface area contributed by atoms with Gasteiger partial charge < -0.3 is 14.4 Å². The smallest absolute Gasteiger partial charge is 0.340 e. The number of rotatable bonds is 5. The predicted molar refractivity (Wildman–Crippen MR) is 93.4 cm³/mol. The first-order valence-electron chi connectivity index (χ1n) is 7.93. The summed E-state index contributed by atoms with van der Waals surface area (Å²) in [6, 6.07) is 7.69. The van der Waals surface area contributed by atoms with Gasteiger partial charge in [-0.05, 0) is 36.6 Å². The first-order chi connectivity index (χ1) is 12.1. The molecule has 0 spiro atoms. The molecule has 0 aliphatic carbocycles. The first-order valence-corrected chi connectivity index (χ1v) is 8.75. The van der Waals surface area contributed by atoms with Crippen LogP contribution in [-0.2, 0) is 14.3 Å². The number of anilines is 1. The zero-order valence-electron chi connectivity index (χ0n) is 13.7. The Labute approximate surface area is 149 Å². The fourth-order valence-corrected chi connectivity index (χ4v) is 4.04. The second-order valence-corrected chi connectivity index (χ2v) is 6.71. The zero-order valence-corrected chi connectivity index (χ0v) is 14.6. The molecule has 7 heteroatoms. The highest BCUT2D eigenvalue weighted by Gasteiger charge is 2.28. The third-order valence-electron chi connectivity index (χ3n) is 4.18. The SMILES string of the molecule is COC(=O)c1cc(-c2ccc(F)cc2)sc1N(C=O)C1CCOCC1. The molecule has 1 fully saturated rings. The second kappa shape index (κ2) is 7.76. The topological polar surface area (TPSA) is 55.8 Å². The van der Waals surface area contributed by atoms with Gasteiger partial charge in [-0.15, -0.1) is 11.3 Å². The van der Waals surface area contributed by atoms with E-state index in [0.717, 1.165) is 16.9 Å². The number of hydrogen-bond donors (Lipinski definition) is 0. The summed E-state index contributed by atoms with van der Waals surface area (Å²) in [4.78, 5) is 26.3. The number of ether oxygens (including phenoxy) is 2. The van der Waals surface area contributed by atoms with Crippen LogP contribution in [0.25, 0.3) is 10.4 Å². The maximum absolute atomic E-state index is 13.2. The van der Waals surface area contributed by atoms with Gasteiger partial charge in [0.1, 0.15) is 10.8 Å². The van der Waals surface area contributed by atoms with Gasteiger partial charge in [0, 0.05) is 24.1 Å². The summed E-state index contributed by atoms with van der Waals surface area (Å²) >= 11 is 1.32. The van der Waals surface area contributed by atoms with Gasteiger partial charge in [0.2, 0.25) is 6.41 Å². The van der Waals surface area contributed by atoms with E-state index in [1.807, 2.05) is 0 Å². The van der Waals surface area contributed by atoms with E-state index < -0.39 is 5.97 Å². The van der Waals surface area contributed by atoms with Gasteiger partial charge >= 0.3 is 5.97 Å². The summed E-state index contributed by atoms with van der Waals surface area (Å²) in [5.74, 6) is -0.830. The van der Waals surface area contributed by atoms with Crippen LogP contribution in [0.4, 0.5) is 9.39 Å². The fourth-order valence-electron chi connectivity index (χ4n) is 2.85. The van der Waals surface area contributed by atoms with Gasteiger partial charge in [-0.3, -0.25) is 4.79 Å². The van der Waals surface area contributed by atoms with Crippen molar-refractivity contribution < 1.29 is 23.5 Å². The van der Waals surface area contributed by atoms with Crippen LogP contribution >= 0.6 is 11.3 Å². The quantitative estimate of drug-likeness (QED) is 0.603. The lowest BCUT2D eigenvalue weighted by Crippen LogP contribution is -2.38. The molecule has 1 saturated heterocycles. The van der Waals surface area contributed by atoms with Crippen LogP contribution in [0.15, 0.2) is 30.3 Å². The van der Waals surface area contributed by atoms with Crippen molar-refractivity contribution in [1.29, 1.82) is 0 Å². The number of carbonyl (C=O) groups is 2. The third kappa shape index (κ3) is 3.72. The maximum atomic E-state index is 13.2. The summed E-state index contributed by atoms with van der Waals surface area (Å²) in [7, 11) is 1.31. The van der Waals surface area contributed by atoms with E-state index in [4.69, 9.17) is 9.47 Å². The molecule has 1 aliphatic heterocycles. The van der Waals surface area contributed by atoms with Crippen LogP contribution < -0.4 is 4.90 Å². The van der Waals surface area contributed by atoms with Gasteiger partial charge in [-0.1, -0.05) is 12.1 Å².